The predicted octanol–water partition coefficient (Wildman–Crippen LogP) is 3.38. The lowest BCUT2D eigenvalue weighted by atomic mass is 10.0. The summed E-state index contributed by atoms with van der Waals surface area (Å²) < 4.78 is 6.76. The second-order valence-corrected chi connectivity index (χ2v) is 7.17. The summed E-state index contributed by atoms with van der Waals surface area (Å²) >= 11 is 0. The van der Waals surface area contributed by atoms with Gasteiger partial charge in [0.1, 0.15) is 0 Å². The van der Waals surface area contributed by atoms with Crippen LogP contribution >= 0.6 is 0 Å². The third-order valence-electron chi connectivity index (χ3n) is 4.29. The minimum absolute atomic E-state index is 0.350. The van der Waals surface area contributed by atoms with E-state index < -0.39 is 5.97 Å². The Labute approximate surface area is 165 Å². The molecule has 0 bridgehead atoms. The number of carbonyl (C=O) groups excluding carboxylic acids is 2. The Kier molecular flexibility index (Phi) is 6.94. The van der Waals surface area contributed by atoms with Gasteiger partial charge in [0, 0.05) is 19.7 Å². The number of hydrogen-bond acceptors (Lipinski definition) is 5. The number of aromatic nitrogens is 2. The Bertz CT molecular complexity index is 895. The van der Waals surface area contributed by atoms with Crippen LogP contribution in [0.25, 0.3) is 0 Å². The highest BCUT2D eigenvalue weighted by atomic mass is 16.5. The highest BCUT2D eigenvalue weighted by Gasteiger charge is 2.27. The van der Waals surface area contributed by atoms with Gasteiger partial charge in [0.25, 0.3) is 5.91 Å². The summed E-state index contributed by atoms with van der Waals surface area (Å²) in [5.74, 6) is -0.459. The molecule has 0 saturated heterocycles. The molecule has 1 heterocycles. The van der Waals surface area contributed by atoms with Crippen LogP contribution in [0.1, 0.15) is 50.6 Å². The lowest BCUT2D eigenvalue weighted by Crippen LogP contribution is -2.37. The van der Waals surface area contributed by atoms with Crippen molar-refractivity contribution in [3.8, 4) is 6.07 Å². The van der Waals surface area contributed by atoms with E-state index in [9.17, 15) is 14.9 Å². The van der Waals surface area contributed by atoms with Gasteiger partial charge in [-0.05, 0) is 37.5 Å². The van der Waals surface area contributed by atoms with Crippen molar-refractivity contribution in [1.82, 2.24) is 9.78 Å². The van der Waals surface area contributed by atoms with Crippen LogP contribution in [0.3, 0.4) is 0 Å². The smallest absolute Gasteiger partial charge is 0.303 e. The SMILES string of the molecule is CC(=O)OCC(=O)N(c1cn(CC(C)C)nc1C)C(C)c1cccc(C#N)c1. The fraction of sp³-hybridized carbons (Fsp3) is 0.429. The van der Waals surface area contributed by atoms with Crippen molar-refractivity contribution in [2.24, 2.45) is 5.92 Å². The lowest BCUT2D eigenvalue weighted by molar-refractivity contribution is -0.145. The van der Waals surface area contributed by atoms with Gasteiger partial charge in [-0.25, -0.2) is 0 Å². The predicted molar refractivity (Wildman–Crippen MR) is 105 cm³/mol. The Morgan fingerprint density at radius 2 is 2.04 bits per heavy atom. The van der Waals surface area contributed by atoms with Gasteiger partial charge in [0.15, 0.2) is 6.61 Å². The molecule has 0 aliphatic heterocycles. The van der Waals surface area contributed by atoms with Crippen LogP contribution < -0.4 is 4.90 Å². The molecule has 7 nitrogen and oxygen atoms in total. The van der Waals surface area contributed by atoms with Crippen molar-refractivity contribution in [3.05, 3.63) is 47.3 Å². The third-order valence-corrected chi connectivity index (χ3v) is 4.29. The molecule has 28 heavy (non-hydrogen) atoms. The zero-order chi connectivity index (χ0) is 20.8. The Morgan fingerprint density at radius 1 is 1.32 bits per heavy atom. The first-order chi connectivity index (χ1) is 13.2. The molecule has 7 heteroatoms. The molecular weight excluding hydrogens is 356 g/mol. The number of carbonyl (C=O) groups is 2. The van der Waals surface area contributed by atoms with Crippen molar-refractivity contribution in [2.75, 3.05) is 11.5 Å². The largest absolute Gasteiger partial charge is 0.456 e. The molecule has 0 fully saturated rings. The summed E-state index contributed by atoms with van der Waals surface area (Å²) in [6.45, 7) is 9.55. The summed E-state index contributed by atoms with van der Waals surface area (Å²) in [6, 6.07) is 8.87. The van der Waals surface area contributed by atoms with Crippen molar-refractivity contribution in [2.45, 2.75) is 47.2 Å². The Morgan fingerprint density at radius 3 is 2.64 bits per heavy atom. The van der Waals surface area contributed by atoms with E-state index in [0.29, 0.717) is 22.9 Å². The van der Waals surface area contributed by atoms with Crippen molar-refractivity contribution < 1.29 is 14.3 Å². The van der Waals surface area contributed by atoms with Crippen LogP contribution in [0.15, 0.2) is 30.5 Å². The summed E-state index contributed by atoms with van der Waals surface area (Å²) in [5, 5.41) is 13.7. The number of nitrogens with zero attached hydrogens (tertiary/aromatic N) is 4. The van der Waals surface area contributed by atoms with E-state index in [1.54, 1.807) is 23.1 Å². The number of rotatable bonds is 7. The van der Waals surface area contributed by atoms with E-state index in [1.165, 1.54) is 6.92 Å². The van der Waals surface area contributed by atoms with E-state index in [2.05, 4.69) is 25.0 Å². The molecule has 2 rings (SSSR count). The number of nitriles is 1. The number of ether oxygens (including phenoxy) is 1. The number of aryl methyl sites for hydroxylation is 1. The van der Waals surface area contributed by atoms with E-state index in [1.807, 2.05) is 30.8 Å². The molecule has 1 amide bonds. The van der Waals surface area contributed by atoms with E-state index in [-0.39, 0.29) is 18.6 Å². The van der Waals surface area contributed by atoms with Crippen LogP contribution in [0.5, 0.6) is 0 Å². The second kappa shape index (κ2) is 9.18. The first kappa shape index (κ1) is 21.2. The van der Waals surface area contributed by atoms with Crippen molar-refractivity contribution in [1.29, 1.82) is 5.26 Å². The van der Waals surface area contributed by atoms with Gasteiger partial charge in [0.2, 0.25) is 0 Å². The van der Waals surface area contributed by atoms with Crippen molar-refractivity contribution in [3.63, 3.8) is 0 Å². The molecule has 2 aromatic rings. The van der Waals surface area contributed by atoms with Gasteiger partial charge in [-0.2, -0.15) is 10.4 Å². The van der Waals surface area contributed by atoms with E-state index in [4.69, 9.17) is 4.74 Å². The molecule has 1 atom stereocenters. The molecule has 0 radical (unpaired) electrons. The van der Waals surface area contributed by atoms with Crippen LogP contribution in [-0.4, -0.2) is 28.3 Å². The minimum Gasteiger partial charge on any atom is -0.456 e. The average molecular weight is 382 g/mol. The maximum Gasteiger partial charge on any atom is 0.303 e. The van der Waals surface area contributed by atoms with Gasteiger partial charge in [-0.3, -0.25) is 19.2 Å². The van der Waals surface area contributed by atoms with Crippen LogP contribution in [-0.2, 0) is 20.9 Å². The summed E-state index contributed by atoms with van der Waals surface area (Å²) in [7, 11) is 0. The lowest BCUT2D eigenvalue weighted by Gasteiger charge is -2.29. The summed E-state index contributed by atoms with van der Waals surface area (Å²) in [5.41, 5.74) is 2.70. The molecule has 1 aromatic carbocycles. The monoisotopic (exact) mass is 382 g/mol. The standard InChI is InChI=1S/C21H26N4O3/c1-14(2)11-24-12-20(15(3)23-24)25(21(27)13-28-17(5)26)16(4)19-8-6-7-18(9-19)10-22/h6-9,12,14,16H,11,13H2,1-5H3. The topological polar surface area (TPSA) is 88.2 Å². The molecule has 0 aliphatic carbocycles. The maximum absolute atomic E-state index is 12.9. The molecular formula is C21H26N4O3. The summed E-state index contributed by atoms with van der Waals surface area (Å²) in [4.78, 5) is 25.7. The van der Waals surface area contributed by atoms with Gasteiger partial charge in [0.05, 0.1) is 29.1 Å². The van der Waals surface area contributed by atoms with Crippen molar-refractivity contribution >= 4 is 17.6 Å². The fourth-order valence-electron chi connectivity index (χ4n) is 3.02. The van der Waals surface area contributed by atoms with E-state index in [0.717, 1.165) is 12.1 Å². The molecule has 0 saturated carbocycles. The van der Waals surface area contributed by atoms with Gasteiger partial charge in [-0.1, -0.05) is 26.0 Å². The number of hydrogen-bond donors (Lipinski definition) is 0. The quantitative estimate of drug-likeness (QED) is 0.685. The fourth-order valence-corrected chi connectivity index (χ4v) is 3.02. The molecule has 148 valence electrons. The van der Waals surface area contributed by atoms with E-state index >= 15 is 0 Å². The highest BCUT2D eigenvalue weighted by molar-refractivity contribution is 5.96. The number of amides is 1. The molecule has 1 unspecified atom stereocenters. The Hall–Kier alpha value is -3.14. The number of benzene rings is 1. The zero-order valence-corrected chi connectivity index (χ0v) is 17.0. The maximum atomic E-state index is 12.9. The third kappa shape index (κ3) is 5.19. The van der Waals surface area contributed by atoms with Crippen LogP contribution in [0, 0.1) is 24.2 Å². The molecule has 0 aliphatic rings. The second-order valence-electron chi connectivity index (χ2n) is 7.17. The highest BCUT2D eigenvalue weighted by Crippen LogP contribution is 2.30. The first-order valence-electron chi connectivity index (χ1n) is 9.22. The number of anilines is 1. The average Bonchev–Trinajstić information content (AvgIpc) is 2.99. The first-order valence-corrected chi connectivity index (χ1v) is 9.22. The normalized spacial score (nSPS) is 11.8. The van der Waals surface area contributed by atoms with Crippen LogP contribution in [0.4, 0.5) is 5.69 Å². The van der Waals surface area contributed by atoms with Gasteiger partial charge >= 0.3 is 5.97 Å². The van der Waals surface area contributed by atoms with Gasteiger partial charge < -0.3 is 4.74 Å². The Balaban J connectivity index is 2.44. The van der Waals surface area contributed by atoms with Crippen LogP contribution in [0.2, 0.25) is 0 Å². The minimum atomic E-state index is -0.514. The number of esters is 1. The molecule has 1 aromatic heterocycles. The molecule has 0 spiro atoms. The summed E-state index contributed by atoms with van der Waals surface area (Å²) in [6.07, 6.45) is 1.84. The van der Waals surface area contributed by atoms with Gasteiger partial charge in [-0.15, -0.1) is 0 Å². The molecule has 0 N–H and O–H groups in total. The zero-order valence-electron chi connectivity index (χ0n) is 17.0.